The number of ether oxygens (including phenoxy) is 2. The molecule has 0 aromatic rings. The number of halogens is 11. The minimum atomic E-state index is -5.90. The fourth-order valence-corrected chi connectivity index (χ4v) is 0.867. The van der Waals surface area contributed by atoms with E-state index >= 15 is 0 Å². The Hall–Kier alpha value is -1.27. The van der Waals surface area contributed by atoms with Crippen LogP contribution in [-0.2, 0) is 9.47 Å². The summed E-state index contributed by atoms with van der Waals surface area (Å²) >= 11 is 0. The summed E-state index contributed by atoms with van der Waals surface area (Å²) in [4.78, 5) is 0. The fraction of sp³-hybridized carbons (Fsp3) is 0.778. The van der Waals surface area contributed by atoms with Gasteiger partial charge in [-0.1, -0.05) is 0 Å². The monoisotopic (exact) mass is 356 g/mol. The second-order valence-corrected chi connectivity index (χ2v) is 3.60. The van der Waals surface area contributed by atoms with Crippen molar-refractivity contribution in [2.45, 2.75) is 31.1 Å². The van der Waals surface area contributed by atoms with Crippen LogP contribution in [-0.4, -0.2) is 37.8 Å². The summed E-state index contributed by atoms with van der Waals surface area (Å²) in [7, 11) is 0. The van der Waals surface area contributed by atoms with Gasteiger partial charge in [0.05, 0.1) is 13.2 Å². The molecule has 0 aliphatic heterocycles. The molecule has 0 radical (unpaired) electrons. The maximum Gasteiger partial charge on any atom is 0.449 e. The molecular weight excluding hydrogens is 349 g/mol. The van der Waals surface area contributed by atoms with E-state index in [-0.39, 0.29) is 0 Å². The molecule has 0 aliphatic rings. The highest BCUT2D eigenvalue weighted by Crippen LogP contribution is 2.35. The minimum Gasteiger partial charge on any atom is -0.469 e. The van der Waals surface area contributed by atoms with E-state index in [0.717, 1.165) is 0 Å². The molecule has 1 unspecified atom stereocenters. The van der Waals surface area contributed by atoms with Gasteiger partial charge in [-0.05, 0) is 0 Å². The predicted octanol–water partition coefficient (Wildman–Crippen LogP) is 4.57. The van der Waals surface area contributed by atoms with Crippen molar-refractivity contribution in [1.29, 1.82) is 0 Å². The van der Waals surface area contributed by atoms with Gasteiger partial charge < -0.3 is 9.47 Å². The Kier molecular flexibility index (Phi) is 6.91. The van der Waals surface area contributed by atoms with Crippen molar-refractivity contribution in [2.75, 3.05) is 13.2 Å². The van der Waals surface area contributed by atoms with Crippen LogP contribution in [0.1, 0.15) is 6.42 Å². The maximum atomic E-state index is 12.5. The van der Waals surface area contributed by atoms with Gasteiger partial charge in [-0.15, -0.1) is 0 Å². The van der Waals surface area contributed by atoms with Crippen molar-refractivity contribution < 1.29 is 57.8 Å². The van der Waals surface area contributed by atoms with Gasteiger partial charge in [0.1, 0.15) is 0 Å². The van der Waals surface area contributed by atoms with Crippen molar-refractivity contribution in [3.63, 3.8) is 0 Å². The molecule has 13 heteroatoms. The Morgan fingerprint density at radius 1 is 0.864 bits per heavy atom. The lowest BCUT2D eigenvalue weighted by atomic mass is 10.3. The molecular formula is C9H7F11O2. The fourth-order valence-electron chi connectivity index (χ4n) is 0.867. The van der Waals surface area contributed by atoms with Crippen LogP contribution in [0.25, 0.3) is 0 Å². The van der Waals surface area contributed by atoms with Crippen LogP contribution >= 0.6 is 0 Å². The highest BCUT2D eigenvalue weighted by atomic mass is 19.4. The minimum absolute atomic E-state index is 0.862. The molecule has 1 atom stereocenters. The Morgan fingerprint density at radius 3 is 1.77 bits per heavy atom. The Balaban J connectivity index is 4.25. The lowest BCUT2D eigenvalue weighted by molar-refractivity contribution is -0.335. The zero-order chi connectivity index (χ0) is 17.8. The Bertz CT molecular complexity index is 384. The molecule has 22 heavy (non-hydrogen) atoms. The van der Waals surface area contributed by atoms with Gasteiger partial charge in [0.25, 0.3) is 12.0 Å². The average molecular weight is 356 g/mol. The zero-order valence-corrected chi connectivity index (χ0v) is 10.2. The second kappa shape index (κ2) is 7.33. The number of alkyl halides is 9. The topological polar surface area (TPSA) is 18.5 Å². The third-order valence-corrected chi connectivity index (χ3v) is 1.82. The molecule has 0 aromatic heterocycles. The smallest absolute Gasteiger partial charge is 0.449 e. The summed E-state index contributed by atoms with van der Waals surface area (Å²) in [5, 5.41) is 0. The molecule has 0 bridgehead atoms. The van der Waals surface area contributed by atoms with Crippen LogP contribution in [0.15, 0.2) is 11.8 Å². The number of rotatable bonds is 7. The van der Waals surface area contributed by atoms with E-state index in [9.17, 15) is 48.3 Å². The number of allylic oxidation sites excluding steroid dienone is 1. The SMILES string of the molecule is FC(OCCCOC(F)(F)C(F)C(F)(F)F)=C(F)C(F)(F)F. The molecule has 0 fully saturated rings. The van der Waals surface area contributed by atoms with Gasteiger partial charge in [-0.25, -0.2) is 4.39 Å². The molecule has 2 nitrogen and oxygen atoms in total. The third-order valence-electron chi connectivity index (χ3n) is 1.82. The van der Waals surface area contributed by atoms with E-state index in [4.69, 9.17) is 0 Å². The summed E-state index contributed by atoms with van der Waals surface area (Å²) in [5.41, 5.74) is 0. The molecule has 0 saturated heterocycles. The molecule has 0 rings (SSSR count). The standard InChI is InChI=1S/C9H7F11O2/c10-4(7(13,14)15)5(11)21-2-1-3-22-9(19,20)6(12)8(16,17)18/h6H,1-3H2. The van der Waals surface area contributed by atoms with E-state index in [1.54, 1.807) is 0 Å². The molecule has 0 N–H and O–H groups in total. The van der Waals surface area contributed by atoms with E-state index in [0.29, 0.717) is 0 Å². The first-order chi connectivity index (χ1) is 9.69. The van der Waals surface area contributed by atoms with Gasteiger partial charge >= 0.3 is 24.5 Å². The van der Waals surface area contributed by atoms with Crippen molar-refractivity contribution in [1.82, 2.24) is 0 Å². The largest absolute Gasteiger partial charge is 0.469 e. The second-order valence-electron chi connectivity index (χ2n) is 3.60. The van der Waals surface area contributed by atoms with Gasteiger partial charge in [0, 0.05) is 6.42 Å². The first-order valence-corrected chi connectivity index (χ1v) is 5.17. The van der Waals surface area contributed by atoms with Crippen LogP contribution in [0.2, 0.25) is 0 Å². The normalized spacial score (nSPS) is 16.3. The lowest BCUT2D eigenvalue weighted by Crippen LogP contribution is -2.43. The first-order valence-electron chi connectivity index (χ1n) is 5.17. The van der Waals surface area contributed by atoms with E-state index in [2.05, 4.69) is 9.47 Å². The van der Waals surface area contributed by atoms with Gasteiger partial charge in [0.15, 0.2) is 0 Å². The highest BCUT2D eigenvalue weighted by Gasteiger charge is 2.58. The van der Waals surface area contributed by atoms with E-state index < -0.39 is 56.1 Å². The van der Waals surface area contributed by atoms with Crippen molar-refractivity contribution in [3.05, 3.63) is 11.8 Å². The van der Waals surface area contributed by atoms with Gasteiger partial charge in [-0.3, -0.25) is 0 Å². The van der Waals surface area contributed by atoms with Crippen molar-refractivity contribution in [3.8, 4) is 0 Å². The quantitative estimate of drug-likeness (QED) is 0.378. The molecule has 0 amide bonds. The van der Waals surface area contributed by atoms with Crippen LogP contribution in [0.3, 0.4) is 0 Å². The summed E-state index contributed by atoms with van der Waals surface area (Å²) in [6.45, 7) is -2.45. The molecule has 0 spiro atoms. The summed E-state index contributed by atoms with van der Waals surface area (Å²) in [6.07, 6.45) is -22.3. The Labute approximate surface area is 115 Å². The molecule has 0 heterocycles. The number of hydrogen-bond donors (Lipinski definition) is 0. The summed E-state index contributed by atoms with van der Waals surface area (Å²) < 4.78 is 139. The van der Waals surface area contributed by atoms with Crippen LogP contribution in [0.4, 0.5) is 48.3 Å². The molecule has 132 valence electrons. The van der Waals surface area contributed by atoms with E-state index in [1.807, 2.05) is 0 Å². The summed E-state index contributed by atoms with van der Waals surface area (Å²) in [5.74, 6) is -3.21. The lowest BCUT2D eigenvalue weighted by Gasteiger charge is -2.22. The van der Waals surface area contributed by atoms with Crippen molar-refractivity contribution >= 4 is 0 Å². The molecule has 0 aromatic carbocycles. The Morgan fingerprint density at radius 2 is 1.36 bits per heavy atom. The highest BCUT2D eigenvalue weighted by molar-refractivity contribution is 4.99. The average Bonchev–Trinajstić information content (AvgIpc) is 2.33. The van der Waals surface area contributed by atoms with Crippen LogP contribution in [0.5, 0.6) is 0 Å². The first kappa shape index (κ1) is 20.7. The maximum absolute atomic E-state index is 12.5. The van der Waals surface area contributed by atoms with Crippen molar-refractivity contribution in [2.24, 2.45) is 0 Å². The van der Waals surface area contributed by atoms with Gasteiger partial charge in [-0.2, -0.15) is 43.9 Å². The van der Waals surface area contributed by atoms with Crippen LogP contribution < -0.4 is 0 Å². The number of hydrogen-bond acceptors (Lipinski definition) is 2. The van der Waals surface area contributed by atoms with E-state index in [1.165, 1.54) is 0 Å². The molecule has 0 saturated carbocycles. The zero-order valence-electron chi connectivity index (χ0n) is 10.2. The predicted molar refractivity (Wildman–Crippen MR) is 47.7 cm³/mol. The third kappa shape index (κ3) is 6.66. The molecule has 0 aliphatic carbocycles. The summed E-state index contributed by atoms with van der Waals surface area (Å²) in [6, 6.07) is -2.68. The van der Waals surface area contributed by atoms with Gasteiger partial charge in [0.2, 0.25) is 0 Å². The van der Waals surface area contributed by atoms with Crippen LogP contribution in [0, 0.1) is 0 Å².